The number of piperidine rings is 1. The number of hydrogen-bond donors (Lipinski definition) is 0. The van der Waals surface area contributed by atoms with Crippen molar-refractivity contribution < 1.29 is 19.1 Å². The number of carbonyl (C=O) groups excluding carboxylic acids is 2. The molecule has 1 unspecified atom stereocenters. The van der Waals surface area contributed by atoms with Gasteiger partial charge in [0, 0.05) is 31.0 Å². The molecule has 1 atom stereocenters. The van der Waals surface area contributed by atoms with Crippen molar-refractivity contribution in [2.75, 3.05) is 26.3 Å². The summed E-state index contributed by atoms with van der Waals surface area (Å²) in [5, 5.41) is 0. The van der Waals surface area contributed by atoms with E-state index in [1.807, 2.05) is 6.92 Å². The number of nitrogens with zero attached hydrogens (tertiary/aromatic N) is 1. The number of ketones is 1. The third kappa shape index (κ3) is 2.35. The van der Waals surface area contributed by atoms with Crippen molar-refractivity contribution in [2.45, 2.75) is 13.3 Å². The highest BCUT2D eigenvalue weighted by atomic mass is 16.6. The summed E-state index contributed by atoms with van der Waals surface area (Å²) in [6, 6.07) is 5.23. The van der Waals surface area contributed by atoms with Crippen LogP contribution in [0.1, 0.15) is 23.7 Å². The minimum absolute atomic E-state index is 0.0543. The number of likely N-dealkylation sites (tertiary alicyclic amines) is 1. The van der Waals surface area contributed by atoms with E-state index >= 15 is 0 Å². The van der Waals surface area contributed by atoms with E-state index in [4.69, 9.17) is 9.47 Å². The monoisotopic (exact) mass is 275 g/mol. The predicted molar refractivity (Wildman–Crippen MR) is 72.1 cm³/mol. The van der Waals surface area contributed by atoms with Crippen LogP contribution in [0.3, 0.4) is 0 Å². The number of hydrogen-bond acceptors (Lipinski definition) is 4. The minimum atomic E-state index is -0.0788. The molecule has 1 aromatic rings. The van der Waals surface area contributed by atoms with Crippen molar-refractivity contribution in [1.82, 2.24) is 4.90 Å². The van der Waals surface area contributed by atoms with E-state index in [1.165, 1.54) is 0 Å². The first-order valence-electron chi connectivity index (χ1n) is 6.87. The van der Waals surface area contributed by atoms with E-state index in [1.54, 1.807) is 23.1 Å². The average Bonchev–Trinajstić information content (AvgIpc) is 2.49. The van der Waals surface area contributed by atoms with E-state index in [9.17, 15) is 9.59 Å². The molecule has 0 spiro atoms. The third-order valence-electron chi connectivity index (χ3n) is 3.75. The second-order valence-electron chi connectivity index (χ2n) is 5.23. The van der Waals surface area contributed by atoms with Crippen LogP contribution in [-0.4, -0.2) is 42.9 Å². The lowest BCUT2D eigenvalue weighted by Gasteiger charge is -2.30. The highest BCUT2D eigenvalue weighted by Crippen LogP contribution is 2.31. The van der Waals surface area contributed by atoms with Crippen molar-refractivity contribution in [3.8, 4) is 11.5 Å². The van der Waals surface area contributed by atoms with E-state index in [0.717, 1.165) is 0 Å². The second-order valence-corrected chi connectivity index (χ2v) is 5.23. The van der Waals surface area contributed by atoms with Crippen molar-refractivity contribution in [2.24, 2.45) is 5.92 Å². The molecule has 5 heteroatoms. The topological polar surface area (TPSA) is 55.8 Å². The first-order chi connectivity index (χ1) is 9.65. The fourth-order valence-electron chi connectivity index (χ4n) is 2.56. The number of carbonyl (C=O) groups is 2. The Morgan fingerprint density at radius 1 is 1.25 bits per heavy atom. The zero-order valence-corrected chi connectivity index (χ0v) is 11.4. The Bertz CT molecular complexity index is 555. The summed E-state index contributed by atoms with van der Waals surface area (Å²) in [5.41, 5.74) is 0.579. The molecule has 1 amide bonds. The van der Waals surface area contributed by atoms with Gasteiger partial charge in [-0.25, -0.2) is 0 Å². The lowest BCUT2D eigenvalue weighted by atomic mass is 9.98. The fraction of sp³-hybridized carbons (Fsp3) is 0.467. The highest BCUT2D eigenvalue weighted by Gasteiger charge is 2.27. The summed E-state index contributed by atoms with van der Waals surface area (Å²) >= 11 is 0. The van der Waals surface area contributed by atoms with Crippen molar-refractivity contribution in [3.05, 3.63) is 23.8 Å². The molecule has 0 aliphatic carbocycles. The van der Waals surface area contributed by atoms with Crippen LogP contribution < -0.4 is 9.47 Å². The number of amides is 1. The zero-order valence-electron chi connectivity index (χ0n) is 11.4. The summed E-state index contributed by atoms with van der Waals surface area (Å²) in [6.07, 6.45) is 0.442. The normalized spacial score (nSPS) is 21.8. The second kappa shape index (κ2) is 5.15. The van der Waals surface area contributed by atoms with Crippen molar-refractivity contribution in [1.29, 1.82) is 0 Å². The number of Topliss-reactive ketones (excluding diaryl/α,β-unsaturated/α-hetero) is 1. The predicted octanol–water partition coefficient (Wildman–Crippen LogP) is 1.51. The molecular formula is C15H17NO4. The number of rotatable bonds is 1. The highest BCUT2D eigenvalue weighted by molar-refractivity contribution is 5.96. The van der Waals surface area contributed by atoms with Gasteiger partial charge < -0.3 is 14.4 Å². The van der Waals surface area contributed by atoms with Crippen LogP contribution >= 0.6 is 0 Å². The summed E-state index contributed by atoms with van der Waals surface area (Å²) in [4.78, 5) is 25.7. The van der Waals surface area contributed by atoms with Crippen molar-refractivity contribution >= 4 is 11.7 Å². The van der Waals surface area contributed by atoms with Gasteiger partial charge in [-0.3, -0.25) is 9.59 Å². The molecule has 2 heterocycles. The Morgan fingerprint density at radius 3 is 2.75 bits per heavy atom. The molecule has 0 N–H and O–H groups in total. The lowest BCUT2D eigenvalue weighted by molar-refractivity contribution is -0.124. The van der Waals surface area contributed by atoms with E-state index in [2.05, 4.69) is 0 Å². The van der Waals surface area contributed by atoms with Gasteiger partial charge in [0.1, 0.15) is 19.0 Å². The Balaban J connectivity index is 1.78. The largest absolute Gasteiger partial charge is 0.486 e. The van der Waals surface area contributed by atoms with E-state index in [-0.39, 0.29) is 17.6 Å². The van der Waals surface area contributed by atoms with E-state index in [0.29, 0.717) is 49.8 Å². The molecule has 1 fully saturated rings. The molecule has 1 saturated heterocycles. The molecule has 2 aliphatic heterocycles. The lowest BCUT2D eigenvalue weighted by Crippen LogP contribution is -2.43. The van der Waals surface area contributed by atoms with Gasteiger partial charge in [0.05, 0.1) is 0 Å². The van der Waals surface area contributed by atoms with Gasteiger partial charge in [-0.2, -0.15) is 0 Å². The number of ether oxygens (including phenoxy) is 2. The van der Waals surface area contributed by atoms with Crippen LogP contribution in [0.25, 0.3) is 0 Å². The van der Waals surface area contributed by atoms with Gasteiger partial charge >= 0.3 is 0 Å². The quantitative estimate of drug-likeness (QED) is 0.779. The third-order valence-corrected chi connectivity index (χ3v) is 3.75. The molecule has 2 aliphatic rings. The maximum absolute atomic E-state index is 12.5. The summed E-state index contributed by atoms with van der Waals surface area (Å²) in [6.45, 7) is 3.89. The Labute approximate surface area is 117 Å². The fourth-order valence-corrected chi connectivity index (χ4v) is 2.56. The molecule has 0 bridgehead atoms. The molecule has 1 aromatic carbocycles. The summed E-state index contributed by atoms with van der Waals surface area (Å²) in [7, 11) is 0. The zero-order chi connectivity index (χ0) is 14.1. The van der Waals surface area contributed by atoms with Crippen LogP contribution in [-0.2, 0) is 4.79 Å². The maximum atomic E-state index is 12.5. The molecule has 3 rings (SSSR count). The summed E-state index contributed by atoms with van der Waals surface area (Å²) < 4.78 is 10.9. The molecule has 106 valence electrons. The Morgan fingerprint density at radius 2 is 2.00 bits per heavy atom. The smallest absolute Gasteiger partial charge is 0.254 e. The number of fused-ring (bicyclic) bond motifs is 1. The van der Waals surface area contributed by atoms with Crippen LogP contribution in [0.2, 0.25) is 0 Å². The molecule has 0 saturated carbocycles. The number of benzene rings is 1. The first kappa shape index (κ1) is 13.0. The molecule has 20 heavy (non-hydrogen) atoms. The van der Waals surface area contributed by atoms with Gasteiger partial charge in [0.25, 0.3) is 5.91 Å². The van der Waals surface area contributed by atoms with Gasteiger partial charge in [0.2, 0.25) is 0 Å². The molecular weight excluding hydrogens is 258 g/mol. The van der Waals surface area contributed by atoms with Crippen LogP contribution in [0, 0.1) is 5.92 Å². The SMILES string of the molecule is CC1CN(C(=O)c2ccc3c(c2)OCCO3)CCC1=O. The first-order valence-corrected chi connectivity index (χ1v) is 6.87. The van der Waals surface area contributed by atoms with Crippen LogP contribution in [0.4, 0.5) is 0 Å². The van der Waals surface area contributed by atoms with Gasteiger partial charge in [-0.05, 0) is 18.2 Å². The summed E-state index contributed by atoms with van der Waals surface area (Å²) in [5.74, 6) is 1.39. The van der Waals surface area contributed by atoms with Gasteiger partial charge in [-0.15, -0.1) is 0 Å². The molecule has 0 radical (unpaired) electrons. The Kier molecular flexibility index (Phi) is 3.34. The van der Waals surface area contributed by atoms with Crippen LogP contribution in [0.5, 0.6) is 11.5 Å². The Hall–Kier alpha value is -2.04. The van der Waals surface area contributed by atoms with E-state index < -0.39 is 0 Å². The van der Waals surface area contributed by atoms with Crippen molar-refractivity contribution in [3.63, 3.8) is 0 Å². The molecule has 5 nitrogen and oxygen atoms in total. The van der Waals surface area contributed by atoms with Crippen LogP contribution in [0.15, 0.2) is 18.2 Å². The maximum Gasteiger partial charge on any atom is 0.254 e. The van der Waals surface area contributed by atoms with Gasteiger partial charge in [-0.1, -0.05) is 6.92 Å². The standard InChI is InChI=1S/C15H17NO4/c1-10-9-16(5-4-12(10)17)15(18)11-2-3-13-14(8-11)20-7-6-19-13/h2-3,8,10H,4-7,9H2,1H3. The average molecular weight is 275 g/mol. The minimum Gasteiger partial charge on any atom is -0.486 e. The van der Waals surface area contributed by atoms with Gasteiger partial charge in [0.15, 0.2) is 11.5 Å². The molecule has 0 aromatic heterocycles.